The number of urea groups is 1. The maximum atomic E-state index is 13.6. The number of benzene rings is 1. The molecule has 11 heteroatoms. The fraction of sp³-hybridized carbons (Fsp3) is 0.308. The van der Waals surface area contributed by atoms with E-state index < -0.39 is 58.4 Å². The molecule has 0 aromatic heterocycles. The van der Waals surface area contributed by atoms with Crippen LogP contribution >= 0.6 is 0 Å². The minimum absolute atomic E-state index is 0.106. The molecular formula is C13H11F4N3O4. The van der Waals surface area contributed by atoms with E-state index >= 15 is 0 Å². The Kier molecular flexibility index (Phi) is 4.23. The van der Waals surface area contributed by atoms with Crippen molar-refractivity contribution in [1.82, 2.24) is 15.5 Å². The van der Waals surface area contributed by atoms with Crippen molar-refractivity contribution in [3.63, 3.8) is 0 Å². The second-order valence-electron chi connectivity index (χ2n) is 5.22. The van der Waals surface area contributed by atoms with Crippen molar-refractivity contribution in [1.29, 1.82) is 0 Å². The molecule has 0 saturated carbocycles. The second kappa shape index (κ2) is 5.74. The van der Waals surface area contributed by atoms with Gasteiger partial charge in [0.1, 0.15) is 0 Å². The lowest BCUT2D eigenvalue weighted by Gasteiger charge is -2.41. The molecule has 130 valence electrons. The Hall–Kier alpha value is -2.69. The van der Waals surface area contributed by atoms with Crippen LogP contribution in [0.1, 0.15) is 17.3 Å². The van der Waals surface area contributed by atoms with E-state index in [1.165, 1.54) is 0 Å². The predicted octanol–water partition coefficient (Wildman–Crippen LogP) is 0.231. The molecule has 4 amide bonds. The number of hydrogen-bond donors (Lipinski definition) is 3. The third-order valence-electron chi connectivity index (χ3n) is 3.58. The number of nitrogens with one attached hydrogen (secondary N) is 2. The Labute approximate surface area is 132 Å². The van der Waals surface area contributed by atoms with Gasteiger partial charge in [0.05, 0.1) is 5.56 Å². The number of rotatable bonds is 2. The highest BCUT2D eigenvalue weighted by Gasteiger charge is 2.50. The van der Waals surface area contributed by atoms with E-state index in [9.17, 15) is 37.1 Å². The van der Waals surface area contributed by atoms with E-state index in [4.69, 9.17) is 0 Å². The van der Waals surface area contributed by atoms with Gasteiger partial charge in [-0.2, -0.15) is 0 Å². The molecular weight excluding hydrogens is 338 g/mol. The van der Waals surface area contributed by atoms with Crippen molar-refractivity contribution in [2.24, 2.45) is 0 Å². The monoisotopic (exact) mass is 349 g/mol. The van der Waals surface area contributed by atoms with Gasteiger partial charge in [-0.25, -0.2) is 22.4 Å². The fourth-order valence-corrected chi connectivity index (χ4v) is 2.08. The lowest BCUT2D eigenvalue weighted by atomic mass is 9.95. The summed E-state index contributed by atoms with van der Waals surface area (Å²) in [4.78, 5) is 36.0. The zero-order valence-electron chi connectivity index (χ0n) is 12.3. The smallest absolute Gasteiger partial charge is 0.325 e. The summed E-state index contributed by atoms with van der Waals surface area (Å²) in [6.45, 7) is 1.00. The molecule has 7 nitrogen and oxygen atoms in total. The van der Waals surface area contributed by atoms with Crippen LogP contribution in [0.15, 0.2) is 6.07 Å². The summed E-state index contributed by atoms with van der Waals surface area (Å²) in [5, 5.41) is 13.7. The zero-order chi connectivity index (χ0) is 18.4. The number of carbonyl (C=O) groups excluding carboxylic acids is 3. The molecule has 3 N–H and O–H groups in total. The lowest BCUT2D eigenvalue weighted by molar-refractivity contribution is -0.142. The van der Waals surface area contributed by atoms with Gasteiger partial charge in [-0.15, -0.1) is 0 Å². The first-order valence-electron chi connectivity index (χ1n) is 6.43. The summed E-state index contributed by atoms with van der Waals surface area (Å²) in [5.41, 5.74) is -3.36. The first kappa shape index (κ1) is 17.7. The Bertz CT molecular complexity index is 757. The largest absolute Gasteiger partial charge is 0.371 e. The third kappa shape index (κ3) is 2.56. The number of aliphatic hydroxyl groups is 1. The van der Waals surface area contributed by atoms with Crippen LogP contribution in [-0.2, 0) is 4.79 Å². The number of carbonyl (C=O) groups is 3. The molecule has 1 heterocycles. The summed E-state index contributed by atoms with van der Waals surface area (Å²) in [7, 11) is 1.05. The number of aliphatic hydroxyl groups excluding tert-OH is 1. The first-order valence-corrected chi connectivity index (χ1v) is 6.43. The second-order valence-corrected chi connectivity index (χ2v) is 5.22. The normalized spacial score (nSPS) is 24.0. The van der Waals surface area contributed by atoms with Crippen LogP contribution < -0.4 is 10.6 Å². The van der Waals surface area contributed by atoms with E-state index in [1.807, 2.05) is 10.6 Å². The lowest BCUT2D eigenvalue weighted by Crippen LogP contribution is -2.73. The zero-order valence-corrected chi connectivity index (χ0v) is 12.3. The SMILES string of the molecule is CN1C(=O)NC(O)C(C)(NC(=O)c2cc(F)c(F)c(F)c2F)C1=O. The van der Waals surface area contributed by atoms with Gasteiger partial charge >= 0.3 is 6.03 Å². The van der Waals surface area contributed by atoms with E-state index in [0.29, 0.717) is 4.90 Å². The van der Waals surface area contributed by atoms with Gasteiger partial charge in [0, 0.05) is 7.05 Å². The quantitative estimate of drug-likeness (QED) is 0.404. The highest BCUT2D eigenvalue weighted by molar-refractivity contribution is 6.06. The van der Waals surface area contributed by atoms with Gasteiger partial charge in [0.2, 0.25) is 0 Å². The van der Waals surface area contributed by atoms with Crippen molar-refractivity contribution in [2.45, 2.75) is 18.7 Å². The maximum Gasteiger partial charge on any atom is 0.325 e. The molecule has 0 spiro atoms. The Morgan fingerprint density at radius 1 is 1.25 bits per heavy atom. The van der Waals surface area contributed by atoms with E-state index in [-0.39, 0.29) is 6.07 Å². The van der Waals surface area contributed by atoms with Gasteiger partial charge in [-0.05, 0) is 13.0 Å². The summed E-state index contributed by atoms with van der Waals surface area (Å²) < 4.78 is 52.9. The predicted molar refractivity (Wildman–Crippen MR) is 69.5 cm³/mol. The molecule has 1 fully saturated rings. The molecule has 1 aliphatic heterocycles. The molecule has 1 saturated heterocycles. The van der Waals surface area contributed by atoms with Crippen LogP contribution in [0.4, 0.5) is 22.4 Å². The van der Waals surface area contributed by atoms with Crippen LogP contribution in [0, 0.1) is 23.3 Å². The molecule has 0 aliphatic carbocycles. The Balaban J connectivity index is 2.39. The molecule has 24 heavy (non-hydrogen) atoms. The molecule has 1 aromatic rings. The number of halogens is 4. The highest BCUT2D eigenvalue weighted by atomic mass is 19.2. The van der Waals surface area contributed by atoms with Crippen molar-refractivity contribution < 1.29 is 37.1 Å². The number of nitrogens with zero attached hydrogens (tertiary/aromatic N) is 1. The Morgan fingerprint density at radius 2 is 1.83 bits per heavy atom. The van der Waals surface area contributed by atoms with E-state index in [2.05, 4.69) is 0 Å². The van der Waals surface area contributed by atoms with Crippen molar-refractivity contribution in [3.8, 4) is 0 Å². The molecule has 1 aromatic carbocycles. The summed E-state index contributed by atoms with van der Waals surface area (Å²) in [6, 6.07) is -0.849. The van der Waals surface area contributed by atoms with Gasteiger partial charge in [-0.1, -0.05) is 0 Å². The average Bonchev–Trinajstić information content (AvgIpc) is 2.52. The molecule has 2 rings (SSSR count). The van der Waals surface area contributed by atoms with Crippen LogP contribution in [0.25, 0.3) is 0 Å². The highest BCUT2D eigenvalue weighted by Crippen LogP contribution is 2.22. The summed E-state index contributed by atoms with van der Waals surface area (Å²) in [6.07, 6.45) is -1.89. The third-order valence-corrected chi connectivity index (χ3v) is 3.58. The van der Waals surface area contributed by atoms with E-state index in [0.717, 1.165) is 14.0 Å². The molecule has 0 bridgehead atoms. The molecule has 0 radical (unpaired) electrons. The molecule has 2 unspecified atom stereocenters. The summed E-state index contributed by atoms with van der Waals surface area (Å²) in [5.74, 6) is -10.6. The first-order chi connectivity index (χ1) is 11.0. The van der Waals surface area contributed by atoms with E-state index in [1.54, 1.807) is 0 Å². The van der Waals surface area contributed by atoms with Crippen molar-refractivity contribution in [2.75, 3.05) is 7.05 Å². The van der Waals surface area contributed by atoms with Gasteiger partial charge in [0.15, 0.2) is 35.0 Å². The van der Waals surface area contributed by atoms with Crippen LogP contribution in [0.3, 0.4) is 0 Å². The Morgan fingerprint density at radius 3 is 2.42 bits per heavy atom. The maximum absolute atomic E-state index is 13.6. The van der Waals surface area contributed by atoms with Crippen molar-refractivity contribution in [3.05, 3.63) is 34.9 Å². The van der Waals surface area contributed by atoms with Crippen molar-refractivity contribution >= 4 is 17.8 Å². The van der Waals surface area contributed by atoms with Gasteiger partial charge < -0.3 is 15.7 Å². The number of hydrogen-bond acceptors (Lipinski definition) is 4. The topological polar surface area (TPSA) is 98.7 Å². The van der Waals surface area contributed by atoms with Crippen LogP contribution in [0.5, 0.6) is 0 Å². The molecule has 2 atom stereocenters. The summed E-state index contributed by atoms with van der Waals surface area (Å²) >= 11 is 0. The van der Waals surface area contributed by atoms with Gasteiger partial charge in [-0.3, -0.25) is 14.5 Å². The minimum Gasteiger partial charge on any atom is -0.371 e. The molecule has 1 aliphatic rings. The number of amides is 4. The van der Waals surface area contributed by atoms with Gasteiger partial charge in [0.25, 0.3) is 11.8 Å². The minimum atomic E-state index is -2.20. The fourth-order valence-electron chi connectivity index (χ4n) is 2.08. The van der Waals surface area contributed by atoms with Crippen LogP contribution in [0.2, 0.25) is 0 Å². The standard InChI is InChI=1S/C13H11F4N3O4/c1-13(10(22)18-12(24)20(2)11(13)23)19-9(21)4-3-5(14)7(16)8(17)6(4)15/h3,10,22H,1-2H3,(H,18,24)(H,19,21). The number of imide groups is 1. The average molecular weight is 349 g/mol. The van der Waals surface area contributed by atoms with Crippen LogP contribution in [-0.4, -0.2) is 46.7 Å². The number of likely N-dealkylation sites (N-methyl/N-ethyl adjacent to an activating group) is 1.